The van der Waals surface area contributed by atoms with Gasteiger partial charge >= 0.3 is 12.3 Å². The van der Waals surface area contributed by atoms with Crippen LogP contribution >= 0.6 is 11.6 Å². The summed E-state index contributed by atoms with van der Waals surface area (Å²) < 4.78 is 50.9. The van der Waals surface area contributed by atoms with Gasteiger partial charge in [0.05, 0.1) is 17.6 Å². The Balaban J connectivity index is 1.56. The first-order valence-corrected chi connectivity index (χ1v) is 10.1. The monoisotopic (exact) mass is 475 g/mol. The van der Waals surface area contributed by atoms with Crippen molar-refractivity contribution in [3.8, 4) is 11.5 Å². The van der Waals surface area contributed by atoms with Gasteiger partial charge in [-0.25, -0.2) is 4.79 Å². The summed E-state index contributed by atoms with van der Waals surface area (Å²) in [5.74, 6) is 0.753. The Bertz CT molecular complexity index is 1300. The SMILES string of the molecule is O=C(O)Oc1cccc2c1ccn2Cc1cc(Cl)ccc1OCc1ccc(C(F)(F)F)cc1. The van der Waals surface area contributed by atoms with E-state index in [1.54, 1.807) is 42.6 Å². The Morgan fingerprint density at radius 3 is 2.45 bits per heavy atom. The maximum atomic E-state index is 12.8. The number of rotatable bonds is 6. The summed E-state index contributed by atoms with van der Waals surface area (Å²) >= 11 is 6.18. The van der Waals surface area contributed by atoms with Crippen LogP contribution in [-0.2, 0) is 19.3 Å². The predicted molar refractivity (Wildman–Crippen MR) is 117 cm³/mol. The van der Waals surface area contributed by atoms with E-state index in [0.717, 1.165) is 23.2 Å². The fourth-order valence-corrected chi connectivity index (χ4v) is 3.66. The maximum absolute atomic E-state index is 12.8. The molecule has 0 atom stereocenters. The molecule has 0 bridgehead atoms. The topological polar surface area (TPSA) is 60.7 Å². The van der Waals surface area contributed by atoms with E-state index in [-0.39, 0.29) is 12.4 Å². The van der Waals surface area contributed by atoms with E-state index in [2.05, 4.69) is 0 Å². The van der Waals surface area contributed by atoms with Crippen LogP contribution < -0.4 is 9.47 Å². The Hall–Kier alpha value is -3.65. The lowest BCUT2D eigenvalue weighted by molar-refractivity contribution is -0.137. The molecule has 5 nitrogen and oxygen atoms in total. The van der Waals surface area contributed by atoms with Gasteiger partial charge in [0.25, 0.3) is 0 Å². The minimum Gasteiger partial charge on any atom is -0.489 e. The van der Waals surface area contributed by atoms with Crippen LogP contribution in [0.15, 0.2) is 72.9 Å². The minimum absolute atomic E-state index is 0.0792. The highest BCUT2D eigenvalue weighted by Gasteiger charge is 2.29. The lowest BCUT2D eigenvalue weighted by atomic mass is 10.1. The molecule has 0 amide bonds. The number of halogens is 4. The first-order chi connectivity index (χ1) is 15.7. The van der Waals surface area contributed by atoms with Crippen molar-refractivity contribution < 1.29 is 32.5 Å². The highest BCUT2D eigenvalue weighted by molar-refractivity contribution is 6.30. The number of aromatic nitrogens is 1. The molecule has 0 aliphatic rings. The first-order valence-electron chi connectivity index (χ1n) is 9.77. The standard InChI is InChI=1S/C24H17ClF3NO4/c25-18-8-9-21(32-14-15-4-6-17(7-5-15)24(26,27)28)16(12-18)13-29-11-10-19-20(29)2-1-3-22(19)33-23(30)31/h1-12H,13-14H2,(H,30,31). The molecule has 0 aliphatic carbocycles. The number of fused-ring (bicyclic) bond motifs is 1. The average molecular weight is 476 g/mol. The van der Waals surface area contributed by atoms with Crippen LogP contribution in [0.5, 0.6) is 11.5 Å². The zero-order valence-corrected chi connectivity index (χ0v) is 17.7. The fraction of sp³-hybridized carbons (Fsp3) is 0.125. The van der Waals surface area contributed by atoms with Crippen LogP contribution in [0.25, 0.3) is 10.9 Å². The molecule has 0 radical (unpaired) electrons. The van der Waals surface area contributed by atoms with Crippen molar-refractivity contribution in [1.29, 1.82) is 0 Å². The van der Waals surface area contributed by atoms with Crippen molar-refractivity contribution >= 4 is 28.7 Å². The number of alkyl halides is 3. The van der Waals surface area contributed by atoms with E-state index < -0.39 is 17.9 Å². The molecule has 3 aromatic carbocycles. The number of carboxylic acid groups (broad SMARTS) is 1. The lowest BCUT2D eigenvalue weighted by Crippen LogP contribution is -2.06. The Morgan fingerprint density at radius 2 is 1.76 bits per heavy atom. The molecule has 0 saturated heterocycles. The third kappa shape index (κ3) is 5.23. The summed E-state index contributed by atoms with van der Waals surface area (Å²) in [6.45, 7) is 0.443. The van der Waals surface area contributed by atoms with Crippen LogP contribution in [0, 0.1) is 0 Å². The van der Waals surface area contributed by atoms with Gasteiger partial charge in [-0.15, -0.1) is 0 Å². The molecule has 1 N–H and O–H groups in total. The van der Waals surface area contributed by atoms with E-state index in [4.69, 9.17) is 26.2 Å². The van der Waals surface area contributed by atoms with Crippen molar-refractivity contribution in [3.63, 3.8) is 0 Å². The van der Waals surface area contributed by atoms with E-state index in [1.807, 2.05) is 10.6 Å². The number of hydrogen-bond donors (Lipinski definition) is 1. The van der Waals surface area contributed by atoms with Gasteiger partial charge in [-0.3, -0.25) is 0 Å². The van der Waals surface area contributed by atoms with Crippen molar-refractivity contribution in [2.45, 2.75) is 19.3 Å². The molecular formula is C24H17ClF3NO4. The summed E-state index contributed by atoms with van der Waals surface area (Å²) in [7, 11) is 0. The van der Waals surface area contributed by atoms with E-state index in [9.17, 15) is 18.0 Å². The van der Waals surface area contributed by atoms with Gasteiger partial charge in [0.15, 0.2) is 0 Å². The summed E-state index contributed by atoms with van der Waals surface area (Å²) in [6, 6.07) is 16.7. The number of nitrogens with zero attached hydrogens (tertiary/aromatic N) is 1. The first kappa shape index (κ1) is 22.5. The fourth-order valence-electron chi connectivity index (χ4n) is 3.46. The highest BCUT2D eigenvalue weighted by atomic mass is 35.5. The quantitative estimate of drug-likeness (QED) is 0.241. The van der Waals surface area contributed by atoms with Crippen molar-refractivity contribution in [2.75, 3.05) is 0 Å². The number of carbonyl (C=O) groups is 1. The molecular weight excluding hydrogens is 459 g/mol. The maximum Gasteiger partial charge on any atom is 0.511 e. The third-order valence-corrected chi connectivity index (χ3v) is 5.24. The van der Waals surface area contributed by atoms with Crippen LogP contribution in [0.3, 0.4) is 0 Å². The molecule has 4 aromatic rings. The molecule has 0 fully saturated rings. The summed E-state index contributed by atoms with van der Waals surface area (Å²) in [5.41, 5.74) is 1.37. The lowest BCUT2D eigenvalue weighted by Gasteiger charge is -2.14. The minimum atomic E-state index is -4.39. The molecule has 1 heterocycles. The molecule has 4 rings (SSSR count). The molecule has 0 unspecified atom stereocenters. The third-order valence-electron chi connectivity index (χ3n) is 5.01. The van der Waals surface area contributed by atoms with E-state index in [0.29, 0.717) is 28.3 Å². The predicted octanol–water partition coefficient (Wildman–Crippen LogP) is 7.00. The second-order valence-electron chi connectivity index (χ2n) is 7.24. The summed E-state index contributed by atoms with van der Waals surface area (Å²) in [5, 5.41) is 10.1. The van der Waals surface area contributed by atoms with Gasteiger partial charge in [0.2, 0.25) is 0 Å². The van der Waals surface area contributed by atoms with Gasteiger partial charge in [-0.1, -0.05) is 29.8 Å². The number of hydrogen-bond acceptors (Lipinski definition) is 3. The van der Waals surface area contributed by atoms with Crippen molar-refractivity contribution in [1.82, 2.24) is 4.57 Å². The Morgan fingerprint density at radius 1 is 1.00 bits per heavy atom. The number of ether oxygens (including phenoxy) is 2. The molecule has 33 heavy (non-hydrogen) atoms. The smallest absolute Gasteiger partial charge is 0.489 e. The molecule has 9 heteroatoms. The van der Waals surface area contributed by atoms with Crippen LogP contribution in [0.1, 0.15) is 16.7 Å². The van der Waals surface area contributed by atoms with Gasteiger partial charge in [0, 0.05) is 22.2 Å². The van der Waals surface area contributed by atoms with Crippen molar-refractivity contribution in [3.05, 3.63) is 94.6 Å². The Labute approximate surface area is 191 Å². The summed E-state index contributed by atoms with van der Waals surface area (Å²) in [6.07, 6.45) is -4.00. The van der Waals surface area contributed by atoms with Crippen LogP contribution in [0.2, 0.25) is 5.02 Å². The second-order valence-corrected chi connectivity index (χ2v) is 7.67. The van der Waals surface area contributed by atoms with Gasteiger partial charge < -0.3 is 19.1 Å². The van der Waals surface area contributed by atoms with Crippen LogP contribution in [-0.4, -0.2) is 15.8 Å². The second kappa shape index (κ2) is 9.07. The van der Waals surface area contributed by atoms with Crippen LogP contribution in [0.4, 0.5) is 18.0 Å². The zero-order valence-electron chi connectivity index (χ0n) is 17.0. The Kier molecular flexibility index (Phi) is 6.20. The van der Waals surface area contributed by atoms with Gasteiger partial charge in [0.1, 0.15) is 18.1 Å². The van der Waals surface area contributed by atoms with Gasteiger partial charge in [-0.2, -0.15) is 13.2 Å². The van der Waals surface area contributed by atoms with Crippen molar-refractivity contribution in [2.24, 2.45) is 0 Å². The highest BCUT2D eigenvalue weighted by Crippen LogP contribution is 2.31. The van der Waals surface area contributed by atoms with Gasteiger partial charge in [-0.05, 0) is 54.1 Å². The number of benzene rings is 3. The molecule has 170 valence electrons. The largest absolute Gasteiger partial charge is 0.511 e. The molecule has 1 aromatic heterocycles. The molecule has 0 aliphatic heterocycles. The zero-order chi connectivity index (χ0) is 23.6. The molecule has 0 spiro atoms. The van der Waals surface area contributed by atoms with E-state index in [1.165, 1.54) is 12.1 Å². The normalized spacial score (nSPS) is 11.5. The van der Waals surface area contributed by atoms with E-state index >= 15 is 0 Å². The average Bonchev–Trinajstić information content (AvgIpc) is 3.16. The summed E-state index contributed by atoms with van der Waals surface area (Å²) in [4.78, 5) is 10.9. The molecule has 0 saturated carbocycles.